The Bertz CT molecular complexity index is 950. The molecule has 0 saturated carbocycles. The molecule has 0 aliphatic rings. The average Bonchev–Trinajstić information content (AvgIpc) is 3.03. The molecule has 0 bridgehead atoms. The number of aliphatic hydroxyl groups is 1. The van der Waals surface area contributed by atoms with Crippen molar-refractivity contribution in [3.05, 3.63) is 65.7 Å². The number of hydrogen-bond donors (Lipinski definition) is 1. The Balaban J connectivity index is 2.04. The monoisotopic (exact) mass is 407 g/mol. The van der Waals surface area contributed by atoms with Crippen molar-refractivity contribution >= 4 is 0 Å². The van der Waals surface area contributed by atoms with Crippen molar-refractivity contribution in [2.45, 2.75) is 52.8 Å². The highest BCUT2D eigenvalue weighted by Crippen LogP contribution is 2.34. The summed E-state index contributed by atoms with van der Waals surface area (Å²) in [4.78, 5) is 2.28. The molecule has 0 aliphatic carbocycles. The van der Waals surface area contributed by atoms with Crippen molar-refractivity contribution in [3.63, 3.8) is 0 Å². The normalized spacial score (nSPS) is 12.5. The van der Waals surface area contributed by atoms with Gasteiger partial charge in [0.2, 0.25) is 5.88 Å². The number of nitrogens with zero attached hydrogens (tertiary/aromatic N) is 3. The molecule has 3 rings (SSSR count). The number of aliphatic hydroxyl groups excluding tert-OH is 1. The van der Waals surface area contributed by atoms with Crippen LogP contribution in [0.2, 0.25) is 0 Å². The highest BCUT2D eigenvalue weighted by Gasteiger charge is 2.24. The van der Waals surface area contributed by atoms with Crippen molar-refractivity contribution in [1.29, 1.82) is 0 Å². The van der Waals surface area contributed by atoms with E-state index in [2.05, 4.69) is 43.9 Å². The van der Waals surface area contributed by atoms with Crippen molar-refractivity contribution < 1.29 is 9.84 Å². The lowest BCUT2D eigenvalue weighted by Gasteiger charge is -2.28. The van der Waals surface area contributed by atoms with Crippen molar-refractivity contribution in [1.82, 2.24) is 14.7 Å². The summed E-state index contributed by atoms with van der Waals surface area (Å²) in [6.45, 7) is 9.63. The summed E-state index contributed by atoms with van der Waals surface area (Å²) in [5.41, 5.74) is 4.15. The minimum Gasteiger partial charge on any atom is -0.439 e. The van der Waals surface area contributed by atoms with Crippen LogP contribution in [-0.4, -0.2) is 38.5 Å². The van der Waals surface area contributed by atoms with E-state index in [0.29, 0.717) is 13.1 Å². The maximum Gasteiger partial charge on any atom is 0.222 e. The summed E-state index contributed by atoms with van der Waals surface area (Å²) in [5, 5.41) is 15.1. The second kappa shape index (κ2) is 9.92. The predicted molar refractivity (Wildman–Crippen MR) is 122 cm³/mol. The molecular weight excluding hydrogens is 374 g/mol. The van der Waals surface area contributed by atoms with Gasteiger partial charge in [-0.15, -0.1) is 0 Å². The highest BCUT2D eigenvalue weighted by molar-refractivity contribution is 5.65. The van der Waals surface area contributed by atoms with Gasteiger partial charge in [0.05, 0.1) is 11.7 Å². The fourth-order valence-corrected chi connectivity index (χ4v) is 3.50. The minimum atomic E-state index is -0.356. The molecule has 0 radical (unpaired) electrons. The quantitative estimate of drug-likeness (QED) is 0.532. The largest absolute Gasteiger partial charge is 0.439 e. The van der Waals surface area contributed by atoms with Crippen LogP contribution < -0.4 is 4.74 Å². The molecular formula is C25H33N3O2. The Morgan fingerprint density at radius 3 is 2.47 bits per heavy atom. The second-order valence-electron chi connectivity index (χ2n) is 8.13. The number of rotatable bonds is 9. The Morgan fingerprint density at radius 2 is 1.83 bits per heavy atom. The minimum absolute atomic E-state index is 0.279. The zero-order valence-electron chi connectivity index (χ0n) is 18.7. The number of aromatic nitrogens is 2. The van der Waals surface area contributed by atoms with E-state index in [4.69, 9.17) is 9.84 Å². The van der Waals surface area contributed by atoms with Gasteiger partial charge in [-0.1, -0.05) is 49.4 Å². The lowest BCUT2D eigenvalue weighted by atomic mass is 10.1. The van der Waals surface area contributed by atoms with E-state index in [1.807, 2.05) is 55.1 Å². The standard InChI is InChI=1S/C25H33N3O2/c1-6-21(29)16-28(18(2)3)17-23-24(20-12-8-7-9-13-20)26-27(5)25(23)30-22-14-10-11-19(4)15-22/h7-15,18,21,29H,6,16-17H2,1-5H3/t21-/m0/s1. The Hall–Kier alpha value is -2.63. The molecule has 0 spiro atoms. The first-order valence-corrected chi connectivity index (χ1v) is 10.7. The van der Waals surface area contributed by atoms with Gasteiger partial charge in [-0.05, 0) is 44.9 Å². The summed E-state index contributed by atoms with van der Waals surface area (Å²) < 4.78 is 8.16. The number of aryl methyl sites for hydroxylation is 2. The van der Waals surface area contributed by atoms with Crippen LogP contribution in [0.1, 0.15) is 38.3 Å². The number of hydrogen-bond acceptors (Lipinski definition) is 4. The third kappa shape index (κ3) is 5.29. The first-order chi connectivity index (χ1) is 14.4. The van der Waals surface area contributed by atoms with Gasteiger partial charge in [0, 0.05) is 31.7 Å². The third-order valence-electron chi connectivity index (χ3n) is 5.35. The Labute approximate surface area is 179 Å². The van der Waals surface area contributed by atoms with Gasteiger partial charge < -0.3 is 9.84 Å². The van der Waals surface area contributed by atoms with Crippen LogP contribution in [0.4, 0.5) is 0 Å². The number of ether oxygens (including phenoxy) is 1. The van der Waals surface area contributed by atoms with E-state index in [9.17, 15) is 5.11 Å². The van der Waals surface area contributed by atoms with Crippen LogP contribution in [0.15, 0.2) is 54.6 Å². The summed E-state index contributed by atoms with van der Waals surface area (Å²) in [5.74, 6) is 1.53. The second-order valence-corrected chi connectivity index (χ2v) is 8.13. The summed E-state index contributed by atoms with van der Waals surface area (Å²) in [6.07, 6.45) is 0.374. The molecule has 0 fully saturated rings. The van der Waals surface area contributed by atoms with Crippen LogP contribution in [0, 0.1) is 6.92 Å². The van der Waals surface area contributed by atoms with Gasteiger partial charge in [-0.25, -0.2) is 4.68 Å². The molecule has 0 unspecified atom stereocenters. The molecule has 1 atom stereocenters. The third-order valence-corrected chi connectivity index (χ3v) is 5.35. The highest BCUT2D eigenvalue weighted by atomic mass is 16.5. The van der Waals surface area contributed by atoms with Crippen molar-refractivity contribution in [2.24, 2.45) is 7.05 Å². The molecule has 0 aliphatic heterocycles. The molecule has 0 amide bonds. The Kier molecular flexibility index (Phi) is 7.29. The van der Waals surface area contributed by atoms with Gasteiger partial charge in [0.1, 0.15) is 11.4 Å². The SMILES string of the molecule is CC[C@H](O)CN(Cc1c(-c2ccccc2)nn(C)c1Oc1cccc(C)c1)C(C)C. The molecule has 1 N–H and O–H groups in total. The molecule has 0 saturated heterocycles. The van der Waals surface area contributed by atoms with Crippen molar-refractivity contribution in [3.8, 4) is 22.9 Å². The van der Waals surface area contributed by atoms with Crippen LogP contribution in [0.25, 0.3) is 11.3 Å². The predicted octanol–water partition coefficient (Wildman–Crippen LogP) is 5.17. The maximum atomic E-state index is 10.3. The van der Waals surface area contributed by atoms with Crippen LogP contribution in [0.5, 0.6) is 11.6 Å². The average molecular weight is 408 g/mol. The van der Waals surface area contributed by atoms with Gasteiger partial charge >= 0.3 is 0 Å². The molecule has 30 heavy (non-hydrogen) atoms. The molecule has 160 valence electrons. The summed E-state index contributed by atoms with van der Waals surface area (Å²) in [7, 11) is 1.92. The van der Waals surface area contributed by atoms with E-state index in [1.165, 1.54) is 0 Å². The molecule has 1 heterocycles. The lowest BCUT2D eigenvalue weighted by molar-refractivity contribution is 0.0878. The van der Waals surface area contributed by atoms with E-state index >= 15 is 0 Å². The van der Waals surface area contributed by atoms with E-state index in [-0.39, 0.29) is 12.1 Å². The first kappa shape index (κ1) is 22.1. The zero-order chi connectivity index (χ0) is 21.7. The molecule has 3 aromatic rings. The van der Waals surface area contributed by atoms with Crippen LogP contribution in [0.3, 0.4) is 0 Å². The fraction of sp³-hybridized carbons (Fsp3) is 0.400. The Morgan fingerprint density at radius 1 is 1.10 bits per heavy atom. The van der Waals surface area contributed by atoms with Crippen LogP contribution >= 0.6 is 0 Å². The fourth-order valence-electron chi connectivity index (χ4n) is 3.50. The van der Waals surface area contributed by atoms with Gasteiger partial charge in [0.15, 0.2) is 0 Å². The number of benzene rings is 2. The topological polar surface area (TPSA) is 50.5 Å². The smallest absolute Gasteiger partial charge is 0.222 e. The van der Waals surface area contributed by atoms with E-state index in [1.54, 1.807) is 0 Å². The summed E-state index contributed by atoms with van der Waals surface area (Å²) >= 11 is 0. The van der Waals surface area contributed by atoms with Gasteiger partial charge in [0.25, 0.3) is 0 Å². The molecule has 2 aromatic carbocycles. The van der Waals surface area contributed by atoms with Crippen molar-refractivity contribution in [2.75, 3.05) is 6.54 Å². The molecule has 5 heteroatoms. The summed E-state index contributed by atoms with van der Waals surface area (Å²) in [6, 6.07) is 18.5. The van der Waals surface area contributed by atoms with E-state index in [0.717, 1.165) is 40.4 Å². The molecule has 5 nitrogen and oxygen atoms in total. The van der Waals surface area contributed by atoms with Gasteiger partial charge in [-0.2, -0.15) is 5.10 Å². The van der Waals surface area contributed by atoms with Crippen LogP contribution in [-0.2, 0) is 13.6 Å². The zero-order valence-corrected chi connectivity index (χ0v) is 18.7. The molecule has 1 aromatic heterocycles. The maximum absolute atomic E-state index is 10.3. The van der Waals surface area contributed by atoms with Gasteiger partial charge in [-0.3, -0.25) is 4.90 Å². The lowest BCUT2D eigenvalue weighted by Crippen LogP contribution is -2.37. The van der Waals surface area contributed by atoms with E-state index < -0.39 is 0 Å². The first-order valence-electron chi connectivity index (χ1n) is 10.7.